The molecule has 1 aromatic rings. The van der Waals surface area contributed by atoms with Crippen LogP contribution in [0.4, 0.5) is 5.69 Å². The fraction of sp³-hybridized carbons (Fsp3) is 0.667. The number of nitrogens with one attached hydrogen (secondary N) is 2. The number of hydrogen-bond donors (Lipinski definition) is 2. The van der Waals surface area contributed by atoms with Crippen LogP contribution >= 0.6 is 11.6 Å². The zero-order valence-electron chi connectivity index (χ0n) is 21.8. The lowest BCUT2D eigenvalue weighted by Crippen LogP contribution is -2.49. The van der Waals surface area contributed by atoms with E-state index in [1.54, 1.807) is 4.90 Å². The molecule has 1 spiro atoms. The van der Waals surface area contributed by atoms with Crippen molar-refractivity contribution in [3.63, 3.8) is 0 Å². The van der Waals surface area contributed by atoms with Crippen LogP contribution in [0.15, 0.2) is 24.3 Å². The lowest BCUT2D eigenvalue weighted by atomic mass is 9.75. The van der Waals surface area contributed by atoms with Gasteiger partial charge in [-0.15, -0.1) is 0 Å². The number of carbonyl (C=O) groups excluding carboxylic acids is 3. The Morgan fingerprint density at radius 2 is 1.81 bits per heavy atom. The summed E-state index contributed by atoms with van der Waals surface area (Å²) in [6.07, 6.45) is 3.17. The van der Waals surface area contributed by atoms with Gasteiger partial charge in [0.25, 0.3) is 0 Å². The van der Waals surface area contributed by atoms with Crippen molar-refractivity contribution in [2.24, 2.45) is 10.8 Å². The van der Waals surface area contributed by atoms with Crippen molar-refractivity contribution in [3.05, 3.63) is 29.3 Å². The number of piperazine rings is 1. The van der Waals surface area contributed by atoms with E-state index in [9.17, 15) is 14.4 Å². The molecule has 3 fully saturated rings. The second-order valence-corrected chi connectivity index (χ2v) is 12.0. The summed E-state index contributed by atoms with van der Waals surface area (Å²) in [6.45, 7) is 11.6. The SMILES string of the molecule is CC(C)(C)C(=O)NCC(=O)N1CCC2(CC1)C[C@H](CCN1CCN(c3cccc(Cl)c3)CC1)NC2=O. The van der Waals surface area contributed by atoms with Gasteiger partial charge in [0.1, 0.15) is 0 Å². The number of benzene rings is 1. The Bertz CT molecular complexity index is 962. The van der Waals surface area contributed by atoms with E-state index in [1.165, 1.54) is 5.69 Å². The molecule has 198 valence electrons. The van der Waals surface area contributed by atoms with Crippen LogP contribution in [-0.4, -0.2) is 85.9 Å². The fourth-order valence-corrected chi connectivity index (χ4v) is 5.70. The molecule has 3 aliphatic heterocycles. The van der Waals surface area contributed by atoms with E-state index in [0.29, 0.717) is 25.9 Å². The topological polar surface area (TPSA) is 85.0 Å². The average Bonchev–Trinajstić information content (AvgIpc) is 3.15. The molecule has 36 heavy (non-hydrogen) atoms. The molecule has 3 saturated heterocycles. The molecule has 0 radical (unpaired) electrons. The van der Waals surface area contributed by atoms with Crippen LogP contribution in [0, 0.1) is 10.8 Å². The zero-order chi connectivity index (χ0) is 25.9. The van der Waals surface area contributed by atoms with Gasteiger partial charge in [0.2, 0.25) is 17.7 Å². The first-order chi connectivity index (χ1) is 17.1. The third-order valence-electron chi connectivity index (χ3n) is 7.95. The largest absolute Gasteiger partial charge is 0.369 e. The summed E-state index contributed by atoms with van der Waals surface area (Å²) >= 11 is 6.15. The molecule has 9 heteroatoms. The van der Waals surface area contributed by atoms with E-state index in [1.807, 2.05) is 39.0 Å². The Morgan fingerprint density at radius 3 is 2.44 bits per heavy atom. The maximum Gasteiger partial charge on any atom is 0.241 e. The van der Waals surface area contributed by atoms with Gasteiger partial charge in [0.15, 0.2) is 0 Å². The quantitative estimate of drug-likeness (QED) is 0.605. The number of nitrogens with zero attached hydrogens (tertiary/aromatic N) is 3. The van der Waals surface area contributed by atoms with Crippen molar-refractivity contribution < 1.29 is 14.4 Å². The van der Waals surface area contributed by atoms with Crippen molar-refractivity contribution in [3.8, 4) is 0 Å². The van der Waals surface area contributed by atoms with Gasteiger partial charge in [0.05, 0.1) is 12.0 Å². The van der Waals surface area contributed by atoms with Crippen LogP contribution in [0.3, 0.4) is 0 Å². The third kappa shape index (κ3) is 6.32. The molecule has 0 unspecified atom stereocenters. The second kappa shape index (κ2) is 11.0. The van der Waals surface area contributed by atoms with Crippen LogP contribution in [0.5, 0.6) is 0 Å². The molecule has 0 aromatic heterocycles. The van der Waals surface area contributed by atoms with Gasteiger partial charge in [-0.25, -0.2) is 0 Å². The molecule has 8 nitrogen and oxygen atoms in total. The molecule has 1 atom stereocenters. The van der Waals surface area contributed by atoms with Crippen molar-refractivity contribution in [2.45, 2.75) is 52.5 Å². The Kier molecular flexibility index (Phi) is 8.15. The van der Waals surface area contributed by atoms with Gasteiger partial charge in [-0.1, -0.05) is 38.4 Å². The molecule has 3 amide bonds. The van der Waals surface area contributed by atoms with Gasteiger partial charge >= 0.3 is 0 Å². The zero-order valence-corrected chi connectivity index (χ0v) is 22.6. The summed E-state index contributed by atoms with van der Waals surface area (Å²) in [5, 5.41) is 6.75. The Balaban J connectivity index is 1.18. The van der Waals surface area contributed by atoms with Gasteiger partial charge in [0, 0.05) is 68.0 Å². The van der Waals surface area contributed by atoms with E-state index >= 15 is 0 Å². The maximum atomic E-state index is 12.9. The molecule has 0 bridgehead atoms. The summed E-state index contributed by atoms with van der Waals surface area (Å²) in [5.74, 6) is -0.0612. The minimum atomic E-state index is -0.521. The van der Waals surface area contributed by atoms with Crippen LogP contribution < -0.4 is 15.5 Å². The minimum absolute atomic E-state index is 0.0164. The molecule has 3 aliphatic rings. The van der Waals surface area contributed by atoms with Crippen LogP contribution in [0.25, 0.3) is 0 Å². The summed E-state index contributed by atoms with van der Waals surface area (Å²) < 4.78 is 0. The van der Waals surface area contributed by atoms with Crippen molar-refractivity contribution in [1.29, 1.82) is 0 Å². The molecule has 1 aromatic carbocycles. The number of carbonyl (C=O) groups is 3. The lowest BCUT2D eigenvalue weighted by molar-refractivity contribution is -0.139. The standard InChI is InChI=1S/C27H40ClN5O3/c1-26(2,3)24(35)29-19-23(34)33-11-8-27(9-12-33)18-21(30-25(27)36)7-10-31-13-15-32(16-14-31)22-6-4-5-20(28)17-22/h4-6,17,21H,7-16,18-19H2,1-3H3,(H,29,35)(H,30,36)/t21-/m0/s1. The third-order valence-corrected chi connectivity index (χ3v) is 8.18. The van der Waals surface area contributed by atoms with Crippen LogP contribution in [-0.2, 0) is 14.4 Å². The smallest absolute Gasteiger partial charge is 0.241 e. The van der Waals surface area contributed by atoms with E-state index in [2.05, 4.69) is 26.5 Å². The predicted octanol–water partition coefficient (Wildman–Crippen LogP) is 2.51. The number of amides is 3. The fourth-order valence-electron chi connectivity index (χ4n) is 5.52. The van der Waals surface area contributed by atoms with E-state index < -0.39 is 5.41 Å². The Labute approximate surface area is 219 Å². The second-order valence-electron chi connectivity index (χ2n) is 11.6. The first-order valence-electron chi connectivity index (χ1n) is 13.2. The maximum absolute atomic E-state index is 12.9. The normalized spacial score (nSPS) is 22.6. The van der Waals surface area contributed by atoms with E-state index in [0.717, 1.165) is 50.6 Å². The van der Waals surface area contributed by atoms with Gasteiger partial charge in [-0.2, -0.15) is 0 Å². The van der Waals surface area contributed by atoms with Crippen molar-refractivity contribution in [1.82, 2.24) is 20.4 Å². The number of rotatable bonds is 6. The average molecular weight is 518 g/mol. The van der Waals surface area contributed by atoms with Crippen molar-refractivity contribution in [2.75, 3.05) is 57.3 Å². The summed E-state index contributed by atoms with van der Waals surface area (Å²) in [6, 6.07) is 8.21. The Morgan fingerprint density at radius 1 is 1.11 bits per heavy atom. The number of anilines is 1. The summed E-state index contributed by atoms with van der Waals surface area (Å²) in [5.41, 5.74) is 0.294. The molecule has 2 N–H and O–H groups in total. The Hall–Kier alpha value is -2.32. The van der Waals surface area contributed by atoms with Gasteiger partial charge in [-0.05, 0) is 43.9 Å². The lowest BCUT2D eigenvalue weighted by Gasteiger charge is -2.38. The molecule has 0 aliphatic carbocycles. The predicted molar refractivity (Wildman–Crippen MR) is 142 cm³/mol. The first kappa shape index (κ1) is 26.7. The van der Waals surface area contributed by atoms with Crippen LogP contribution in [0.2, 0.25) is 5.02 Å². The monoisotopic (exact) mass is 517 g/mol. The highest BCUT2D eigenvalue weighted by Crippen LogP contribution is 2.41. The minimum Gasteiger partial charge on any atom is -0.369 e. The van der Waals surface area contributed by atoms with E-state index in [4.69, 9.17) is 11.6 Å². The molecule has 4 rings (SSSR count). The van der Waals surface area contributed by atoms with Gasteiger partial charge in [-0.3, -0.25) is 19.3 Å². The molecular formula is C27H40ClN5O3. The highest BCUT2D eigenvalue weighted by molar-refractivity contribution is 6.30. The first-order valence-corrected chi connectivity index (χ1v) is 13.5. The number of piperidine rings is 1. The molecular weight excluding hydrogens is 478 g/mol. The highest BCUT2D eigenvalue weighted by Gasteiger charge is 2.48. The summed E-state index contributed by atoms with van der Waals surface area (Å²) in [7, 11) is 0. The number of likely N-dealkylation sites (tertiary alicyclic amines) is 1. The molecule has 3 heterocycles. The summed E-state index contributed by atoms with van der Waals surface area (Å²) in [4.78, 5) is 44.2. The van der Waals surface area contributed by atoms with Gasteiger partial charge < -0.3 is 20.4 Å². The number of hydrogen-bond acceptors (Lipinski definition) is 5. The van der Waals surface area contributed by atoms with E-state index in [-0.39, 0.29) is 35.7 Å². The van der Waals surface area contributed by atoms with Crippen molar-refractivity contribution >= 4 is 35.0 Å². The van der Waals surface area contributed by atoms with Crippen LogP contribution in [0.1, 0.15) is 46.5 Å². The highest BCUT2D eigenvalue weighted by atomic mass is 35.5. The molecule has 0 saturated carbocycles. The number of halogens is 1.